The Hall–Kier alpha value is -5.93. The van der Waals surface area contributed by atoms with Gasteiger partial charge in [0, 0.05) is 21.9 Å². The van der Waals surface area contributed by atoms with Gasteiger partial charge in [-0.2, -0.15) is 0 Å². The van der Waals surface area contributed by atoms with E-state index < -0.39 is 46.5 Å². The predicted octanol–water partition coefficient (Wildman–Crippen LogP) is 6.11. The number of carbonyl (C=O) groups is 2. The van der Waals surface area contributed by atoms with Crippen molar-refractivity contribution in [2.24, 2.45) is 5.92 Å². The Kier molecular flexibility index (Phi) is 6.66. The van der Waals surface area contributed by atoms with Crippen molar-refractivity contribution in [3.63, 3.8) is 0 Å². The molecule has 2 fully saturated rings. The fraction of sp³-hybridized carbons (Fsp3) is 0.150. The first-order valence-electron chi connectivity index (χ1n) is 16.4. The number of hydrogen-bond donors (Lipinski definition) is 1. The lowest BCUT2D eigenvalue weighted by molar-refractivity contribution is -0.124. The molecule has 2 amide bonds. The molecule has 0 spiro atoms. The van der Waals surface area contributed by atoms with E-state index in [1.807, 2.05) is 72.8 Å². The Morgan fingerprint density at radius 1 is 0.740 bits per heavy atom. The van der Waals surface area contributed by atoms with Crippen LogP contribution in [0.2, 0.25) is 5.02 Å². The monoisotopic (exact) mass is 680 g/mol. The summed E-state index contributed by atoms with van der Waals surface area (Å²) in [4.78, 5) is 59.7. The number of amides is 2. The van der Waals surface area contributed by atoms with Crippen molar-refractivity contribution in [2.45, 2.75) is 30.3 Å². The topological polar surface area (TPSA) is 107 Å². The van der Waals surface area contributed by atoms with Gasteiger partial charge >= 0.3 is 11.4 Å². The number of hydrogen-bond acceptors (Lipinski definition) is 5. The van der Waals surface area contributed by atoms with Crippen LogP contribution in [0.25, 0.3) is 16.5 Å². The van der Waals surface area contributed by atoms with Gasteiger partial charge in [-0.15, -0.1) is 0 Å². The summed E-state index contributed by atoms with van der Waals surface area (Å²) in [5.74, 6) is -2.78. The Bertz CT molecular complexity index is 2540. The van der Waals surface area contributed by atoms with E-state index in [2.05, 4.69) is 0 Å². The highest BCUT2D eigenvalue weighted by Crippen LogP contribution is 2.63. The summed E-state index contributed by atoms with van der Waals surface area (Å²) in [5, 5.41) is 13.9. The average molecular weight is 681 g/mol. The number of anilines is 1. The van der Waals surface area contributed by atoms with Gasteiger partial charge < -0.3 is 5.11 Å². The van der Waals surface area contributed by atoms with E-state index >= 15 is 4.79 Å². The maximum Gasteiger partial charge on any atom is 0.352 e. The van der Waals surface area contributed by atoms with Gasteiger partial charge in [0.05, 0.1) is 35.3 Å². The van der Waals surface area contributed by atoms with Gasteiger partial charge in [0.15, 0.2) is 0 Å². The first-order valence-corrected chi connectivity index (χ1v) is 16.8. The average Bonchev–Trinajstić information content (AvgIpc) is 3.53. The molecule has 9 nitrogen and oxygen atoms in total. The molecule has 9 rings (SSSR count). The fourth-order valence-electron chi connectivity index (χ4n) is 8.65. The van der Waals surface area contributed by atoms with Gasteiger partial charge in [-0.1, -0.05) is 109 Å². The summed E-state index contributed by atoms with van der Waals surface area (Å²) >= 11 is 6.40. The molecule has 246 valence electrons. The quantitative estimate of drug-likeness (QED) is 0.179. The Balaban J connectivity index is 1.36. The number of aromatic nitrogens is 3. The third-order valence-electron chi connectivity index (χ3n) is 10.7. The third kappa shape index (κ3) is 4.01. The van der Waals surface area contributed by atoms with Crippen LogP contribution in [0.1, 0.15) is 29.5 Å². The number of rotatable bonds is 4. The largest absolute Gasteiger partial charge is 0.507 e. The van der Waals surface area contributed by atoms with Crippen LogP contribution in [0, 0.1) is 5.92 Å². The molecule has 1 saturated carbocycles. The highest BCUT2D eigenvalue weighted by Gasteiger charge is 2.69. The van der Waals surface area contributed by atoms with Crippen LogP contribution in [0.15, 0.2) is 143 Å². The normalized spacial score (nSPS) is 22.6. The van der Waals surface area contributed by atoms with Crippen molar-refractivity contribution in [3.8, 4) is 11.4 Å². The molecule has 4 atom stereocenters. The molecular weight excluding hydrogens is 652 g/mol. The minimum atomic E-state index is -1.52. The highest BCUT2D eigenvalue weighted by atomic mass is 35.5. The van der Waals surface area contributed by atoms with Crippen LogP contribution in [0.5, 0.6) is 5.75 Å². The number of phenolic OH excluding ortho intramolecular Hbond substituents is 1. The van der Waals surface area contributed by atoms with Crippen molar-refractivity contribution >= 4 is 39.9 Å². The number of nitrogens with zero attached hydrogens (tertiary/aromatic N) is 4. The minimum Gasteiger partial charge on any atom is -0.507 e. The zero-order valence-electron chi connectivity index (χ0n) is 26.5. The maximum absolute atomic E-state index is 15.4. The van der Waals surface area contributed by atoms with Crippen molar-refractivity contribution in [3.05, 3.63) is 170 Å². The lowest BCUT2D eigenvalue weighted by Crippen LogP contribution is -2.53. The molecule has 0 radical (unpaired) electrons. The first-order chi connectivity index (χ1) is 24.3. The standard InChI is InChI=1S/C40H29ClN4O5/c41-26-13-9-16-28(22-26)43-36(47)32-23-33-30(20-21-42-38(49)44(39(50)45(33)42)27-14-5-2-6-15-27)34(40(32,37(43)48)25-11-3-1-4-12-25)31-19-18-24-10-7-8-17-29(24)35(31)46/h1-20,22,32-34,46H,21,23H2/t32-,33+,34+,40+/m0/s1. The van der Waals surface area contributed by atoms with E-state index in [9.17, 15) is 19.5 Å². The Labute approximate surface area is 290 Å². The SMILES string of the molecule is O=C1[C@@H]2C[C@@H]3C(=CCn4c(=O)n(-c5ccccc5)c(=O)n43)[C@H](c3ccc4ccccc4c3O)[C@]2(c2ccccc2)C(=O)N1c1cccc(Cl)c1. The number of fused-ring (bicyclic) bond motifs is 5. The summed E-state index contributed by atoms with van der Waals surface area (Å²) in [5.41, 5.74) is -0.0644. The highest BCUT2D eigenvalue weighted by molar-refractivity contribution is 6.32. The number of aromatic hydroxyl groups is 1. The summed E-state index contributed by atoms with van der Waals surface area (Å²) in [7, 11) is 0. The van der Waals surface area contributed by atoms with E-state index in [1.54, 1.807) is 54.6 Å². The van der Waals surface area contributed by atoms with Crippen molar-refractivity contribution in [1.82, 2.24) is 13.9 Å². The second kappa shape index (κ2) is 11.0. The van der Waals surface area contributed by atoms with Gasteiger partial charge in [-0.3, -0.25) is 9.59 Å². The summed E-state index contributed by atoms with van der Waals surface area (Å²) in [6.07, 6.45) is 1.95. The van der Waals surface area contributed by atoms with Crippen LogP contribution in [-0.2, 0) is 21.5 Å². The molecule has 1 N–H and O–H groups in total. The number of allylic oxidation sites excluding steroid dienone is 2. The number of phenols is 1. The molecule has 1 aromatic heterocycles. The Morgan fingerprint density at radius 2 is 1.44 bits per heavy atom. The van der Waals surface area contributed by atoms with Crippen molar-refractivity contribution in [2.75, 3.05) is 4.90 Å². The zero-order valence-corrected chi connectivity index (χ0v) is 27.3. The van der Waals surface area contributed by atoms with Crippen LogP contribution in [0.4, 0.5) is 5.69 Å². The second-order valence-corrected chi connectivity index (χ2v) is 13.5. The summed E-state index contributed by atoms with van der Waals surface area (Å²) < 4.78 is 3.97. The van der Waals surface area contributed by atoms with E-state index in [0.29, 0.717) is 38.5 Å². The molecule has 0 unspecified atom stereocenters. The maximum atomic E-state index is 15.4. The van der Waals surface area contributed by atoms with E-state index in [4.69, 9.17) is 11.6 Å². The molecule has 0 bridgehead atoms. The summed E-state index contributed by atoms with van der Waals surface area (Å²) in [6, 6.07) is 34.9. The van der Waals surface area contributed by atoms with Gasteiger partial charge in [0.1, 0.15) is 5.75 Å². The third-order valence-corrected chi connectivity index (χ3v) is 10.9. The van der Waals surface area contributed by atoms with E-state index in [1.165, 1.54) is 14.3 Å². The fourth-order valence-corrected chi connectivity index (χ4v) is 8.84. The van der Waals surface area contributed by atoms with Crippen LogP contribution < -0.4 is 16.3 Å². The Morgan fingerprint density at radius 3 is 2.20 bits per heavy atom. The molecule has 3 heterocycles. The van der Waals surface area contributed by atoms with Crippen molar-refractivity contribution in [1.29, 1.82) is 0 Å². The van der Waals surface area contributed by atoms with Gasteiger partial charge in [-0.05, 0) is 53.3 Å². The van der Waals surface area contributed by atoms with Crippen LogP contribution >= 0.6 is 11.6 Å². The molecule has 6 aromatic rings. The summed E-state index contributed by atoms with van der Waals surface area (Å²) in [6.45, 7) is 0.0558. The molecule has 1 saturated heterocycles. The number of benzene rings is 5. The molecule has 3 aliphatic rings. The number of halogens is 1. The van der Waals surface area contributed by atoms with Gasteiger partial charge in [-0.25, -0.2) is 28.4 Å². The van der Waals surface area contributed by atoms with Crippen molar-refractivity contribution < 1.29 is 14.7 Å². The molecule has 50 heavy (non-hydrogen) atoms. The lowest BCUT2D eigenvalue weighted by Gasteiger charge is -2.49. The number of carbonyl (C=O) groups excluding carboxylic acids is 2. The van der Waals surface area contributed by atoms with E-state index in [-0.39, 0.29) is 18.7 Å². The zero-order chi connectivity index (χ0) is 34.3. The molecule has 10 heteroatoms. The minimum absolute atomic E-state index is 0.0117. The van der Waals surface area contributed by atoms with Gasteiger partial charge in [0.2, 0.25) is 11.8 Å². The molecule has 2 aliphatic heterocycles. The predicted molar refractivity (Wildman–Crippen MR) is 190 cm³/mol. The second-order valence-electron chi connectivity index (χ2n) is 13.0. The van der Waals surface area contributed by atoms with E-state index in [0.717, 1.165) is 9.95 Å². The lowest BCUT2D eigenvalue weighted by atomic mass is 9.53. The molecule has 1 aliphatic carbocycles. The molecule has 5 aromatic carbocycles. The number of para-hydroxylation sites is 1. The van der Waals surface area contributed by atoms with Crippen LogP contribution in [-0.4, -0.2) is 30.9 Å². The van der Waals surface area contributed by atoms with Gasteiger partial charge in [0.25, 0.3) is 0 Å². The number of imide groups is 1. The smallest absolute Gasteiger partial charge is 0.352 e. The first kappa shape index (κ1) is 30.2. The molecular formula is C40H29ClN4O5. The van der Waals surface area contributed by atoms with Crippen LogP contribution in [0.3, 0.4) is 0 Å².